The number of nitrogens with two attached hydrogens (primary N) is 1. The molecule has 0 saturated heterocycles. The van der Waals surface area contributed by atoms with Crippen molar-refractivity contribution in [2.45, 2.75) is 52.0 Å². The van der Waals surface area contributed by atoms with Crippen molar-refractivity contribution < 1.29 is 4.79 Å². The Kier molecular flexibility index (Phi) is 7.52. The third-order valence-electron chi connectivity index (χ3n) is 4.04. The van der Waals surface area contributed by atoms with Gasteiger partial charge in [-0.05, 0) is 45.2 Å². The van der Waals surface area contributed by atoms with Gasteiger partial charge < -0.3 is 15.5 Å². The monoisotopic (exact) mass is 283 g/mol. The van der Waals surface area contributed by atoms with Crippen LogP contribution in [0.5, 0.6) is 0 Å². The van der Waals surface area contributed by atoms with Gasteiger partial charge in [-0.3, -0.25) is 4.79 Å². The van der Waals surface area contributed by atoms with Crippen molar-refractivity contribution in [3.8, 4) is 0 Å². The molecule has 1 fully saturated rings. The van der Waals surface area contributed by atoms with Crippen LogP contribution in [0.2, 0.25) is 0 Å². The molecular weight excluding hydrogens is 250 g/mol. The fourth-order valence-corrected chi connectivity index (χ4v) is 2.97. The van der Waals surface area contributed by atoms with Gasteiger partial charge in [0.05, 0.1) is 0 Å². The van der Waals surface area contributed by atoms with E-state index in [4.69, 9.17) is 5.73 Å². The molecule has 1 aliphatic carbocycles. The lowest BCUT2D eigenvalue weighted by Gasteiger charge is -2.30. The van der Waals surface area contributed by atoms with Gasteiger partial charge in [0, 0.05) is 32.1 Å². The van der Waals surface area contributed by atoms with Crippen LogP contribution in [0.1, 0.15) is 46.0 Å². The number of likely N-dealkylation sites (N-methyl/N-ethyl adjacent to an activating group) is 1. The van der Waals surface area contributed by atoms with Crippen LogP contribution in [-0.2, 0) is 4.79 Å². The minimum Gasteiger partial charge on any atom is -0.341 e. The third kappa shape index (κ3) is 6.71. The Morgan fingerprint density at radius 3 is 2.50 bits per heavy atom. The zero-order valence-electron chi connectivity index (χ0n) is 13.8. The van der Waals surface area contributed by atoms with Gasteiger partial charge in [0.15, 0.2) is 0 Å². The fraction of sp³-hybridized carbons (Fsp3) is 0.938. The fourth-order valence-electron chi connectivity index (χ4n) is 2.97. The highest BCUT2D eigenvalue weighted by atomic mass is 16.2. The Labute approximate surface area is 124 Å². The summed E-state index contributed by atoms with van der Waals surface area (Å²) in [5, 5.41) is 0. The van der Waals surface area contributed by atoms with Gasteiger partial charge in [0.1, 0.15) is 0 Å². The molecule has 1 rings (SSSR count). The standard InChI is InChI=1S/C16H33N3O/c1-13(2)12-19(9-8-18(3)4)16(20)11-14-6-5-7-15(17)10-14/h13-15H,5-12,17H2,1-4H3. The summed E-state index contributed by atoms with van der Waals surface area (Å²) in [6.07, 6.45) is 5.19. The molecule has 1 aliphatic rings. The van der Waals surface area contributed by atoms with Crippen LogP contribution >= 0.6 is 0 Å². The van der Waals surface area contributed by atoms with Gasteiger partial charge in [-0.1, -0.05) is 20.3 Å². The van der Waals surface area contributed by atoms with Gasteiger partial charge in [0.25, 0.3) is 0 Å². The van der Waals surface area contributed by atoms with E-state index in [9.17, 15) is 4.79 Å². The second-order valence-corrected chi connectivity index (χ2v) is 7.03. The second kappa shape index (κ2) is 8.63. The third-order valence-corrected chi connectivity index (χ3v) is 4.04. The Morgan fingerprint density at radius 2 is 1.95 bits per heavy atom. The molecule has 2 unspecified atom stereocenters. The molecule has 1 saturated carbocycles. The smallest absolute Gasteiger partial charge is 0.222 e. The van der Waals surface area contributed by atoms with Crippen molar-refractivity contribution >= 4 is 5.91 Å². The van der Waals surface area contributed by atoms with E-state index in [1.165, 1.54) is 12.8 Å². The van der Waals surface area contributed by atoms with Gasteiger partial charge >= 0.3 is 0 Å². The molecule has 0 aromatic heterocycles. The predicted molar refractivity (Wildman–Crippen MR) is 84.5 cm³/mol. The van der Waals surface area contributed by atoms with E-state index in [0.717, 1.165) is 32.5 Å². The highest BCUT2D eigenvalue weighted by Crippen LogP contribution is 2.26. The summed E-state index contributed by atoms with van der Waals surface area (Å²) < 4.78 is 0. The molecule has 4 heteroatoms. The first-order valence-electron chi connectivity index (χ1n) is 8.06. The average molecular weight is 283 g/mol. The molecule has 0 aromatic carbocycles. The Hall–Kier alpha value is -0.610. The number of hydrogen-bond acceptors (Lipinski definition) is 3. The van der Waals surface area contributed by atoms with E-state index < -0.39 is 0 Å². The zero-order chi connectivity index (χ0) is 15.1. The Balaban J connectivity index is 2.48. The van der Waals surface area contributed by atoms with Crippen LogP contribution in [0, 0.1) is 11.8 Å². The Bertz CT molecular complexity index is 291. The van der Waals surface area contributed by atoms with Crippen LogP contribution < -0.4 is 5.73 Å². The van der Waals surface area contributed by atoms with E-state index in [0.29, 0.717) is 30.2 Å². The number of rotatable bonds is 7. The molecule has 118 valence electrons. The van der Waals surface area contributed by atoms with Gasteiger partial charge in [0.2, 0.25) is 5.91 Å². The first-order chi connectivity index (χ1) is 9.38. The average Bonchev–Trinajstić information content (AvgIpc) is 2.33. The predicted octanol–water partition coefficient (Wildman–Crippen LogP) is 1.94. The molecule has 0 aliphatic heterocycles. The lowest BCUT2D eigenvalue weighted by molar-refractivity contribution is -0.133. The SMILES string of the molecule is CC(C)CN(CCN(C)C)C(=O)CC1CCCC(N)C1. The van der Waals surface area contributed by atoms with Crippen LogP contribution in [0.15, 0.2) is 0 Å². The molecule has 4 nitrogen and oxygen atoms in total. The molecule has 0 radical (unpaired) electrons. The van der Waals surface area contributed by atoms with E-state index in [-0.39, 0.29) is 0 Å². The molecule has 0 heterocycles. The maximum absolute atomic E-state index is 12.5. The van der Waals surface area contributed by atoms with Crippen LogP contribution in [0.25, 0.3) is 0 Å². The van der Waals surface area contributed by atoms with E-state index in [1.807, 2.05) is 4.90 Å². The molecule has 2 atom stereocenters. The lowest BCUT2D eigenvalue weighted by Crippen LogP contribution is -2.40. The minimum atomic E-state index is 0.307. The number of amides is 1. The summed E-state index contributed by atoms with van der Waals surface area (Å²) in [5.74, 6) is 1.34. The van der Waals surface area contributed by atoms with E-state index in [1.54, 1.807) is 0 Å². The first-order valence-corrected chi connectivity index (χ1v) is 8.06. The maximum Gasteiger partial charge on any atom is 0.222 e. The van der Waals surface area contributed by atoms with Crippen molar-refractivity contribution in [2.75, 3.05) is 33.7 Å². The zero-order valence-corrected chi connectivity index (χ0v) is 13.8. The lowest BCUT2D eigenvalue weighted by atomic mass is 9.84. The van der Waals surface area contributed by atoms with Crippen LogP contribution in [-0.4, -0.2) is 55.5 Å². The maximum atomic E-state index is 12.5. The molecule has 0 aromatic rings. The topological polar surface area (TPSA) is 49.6 Å². The van der Waals surface area contributed by atoms with Crippen molar-refractivity contribution in [1.82, 2.24) is 9.80 Å². The quantitative estimate of drug-likeness (QED) is 0.777. The summed E-state index contributed by atoms with van der Waals surface area (Å²) in [6.45, 7) is 6.98. The molecule has 0 bridgehead atoms. The number of carbonyl (C=O) groups is 1. The molecule has 0 spiro atoms. The molecule has 20 heavy (non-hydrogen) atoms. The normalized spacial score (nSPS) is 23.4. The van der Waals surface area contributed by atoms with Gasteiger partial charge in [-0.25, -0.2) is 0 Å². The van der Waals surface area contributed by atoms with Crippen LogP contribution in [0.4, 0.5) is 0 Å². The van der Waals surface area contributed by atoms with Crippen molar-refractivity contribution in [1.29, 1.82) is 0 Å². The van der Waals surface area contributed by atoms with E-state index in [2.05, 4.69) is 32.8 Å². The van der Waals surface area contributed by atoms with E-state index >= 15 is 0 Å². The summed E-state index contributed by atoms with van der Waals surface area (Å²) in [7, 11) is 4.11. The molecular formula is C16H33N3O. The highest BCUT2D eigenvalue weighted by molar-refractivity contribution is 5.76. The van der Waals surface area contributed by atoms with Crippen molar-refractivity contribution in [3.63, 3.8) is 0 Å². The van der Waals surface area contributed by atoms with Crippen LogP contribution in [0.3, 0.4) is 0 Å². The Morgan fingerprint density at radius 1 is 1.25 bits per heavy atom. The summed E-state index contributed by atoms with van der Waals surface area (Å²) >= 11 is 0. The van der Waals surface area contributed by atoms with Crippen molar-refractivity contribution in [3.05, 3.63) is 0 Å². The van der Waals surface area contributed by atoms with Gasteiger partial charge in [-0.2, -0.15) is 0 Å². The molecule has 1 amide bonds. The highest BCUT2D eigenvalue weighted by Gasteiger charge is 2.24. The molecule has 2 N–H and O–H groups in total. The van der Waals surface area contributed by atoms with Gasteiger partial charge in [-0.15, -0.1) is 0 Å². The summed E-state index contributed by atoms with van der Waals surface area (Å²) in [6, 6.07) is 0.307. The number of carbonyl (C=O) groups excluding carboxylic acids is 1. The number of nitrogens with zero attached hydrogens (tertiary/aromatic N) is 2. The summed E-state index contributed by atoms with van der Waals surface area (Å²) in [4.78, 5) is 16.7. The van der Waals surface area contributed by atoms with Crippen molar-refractivity contribution in [2.24, 2.45) is 17.6 Å². The second-order valence-electron chi connectivity index (χ2n) is 7.03. The first kappa shape index (κ1) is 17.4. The largest absolute Gasteiger partial charge is 0.341 e. The minimum absolute atomic E-state index is 0.307. The summed E-state index contributed by atoms with van der Waals surface area (Å²) in [5.41, 5.74) is 6.02. The number of hydrogen-bond donors (Lipinski definition) is 1.